The van der Waals surface area contributed by atoms with Crippen molar-refractivity contribution in [3.8, 4) is 0 Å². The summed E-state index contributed by atoms with van der Waals surface area (Å²) in [6.07, 6.45) is 8.16. The van der Waals surface area contributed by atoms with Crippen LogP contribution >= 0.6 is 0 Å². The second-order valence-electron chi connectivity index (χ2n) is 3.55. The van der Waals surface area contributed by atoms with E-state index in [9.17, 15) is 0 Å². The van der Waals surface area contributed by atoms with E-state index in [-0.39, 0.29) is 19.0 Å². The predicted octanol–water partition coefficient (Wildman–Crippen LogP) is 2.48. The fraction of sp³-hybridized carbons (Fsp3) is 0.333. The highest BCUT2D eigenvalue weighted by atomic mass is 28.2. The van der Waals surface area contributed by atoms with Crippen LogP contribution in [0.4, 0.5) is 0 Å². The highest BCUT2D eigenvalue weighted by Gasteiger charge is 2.02. The standard InChI is InChI=1S/C12H22Si2/c1-5-11(6-2)13-9-10-14-12(7-3)8-4/h5-8,11-12H,1-4,9-10,13-14H2. The Bertz CT molecular complexity index is 158. The Labute approximate surface area is 93.1 Å². The largest absolute Gasteiger partial charge is 0.103 e. The van der Waals surface area contributed by atoms with E-state index in [4.69, 9.17) is 0 Å². The molecule has 0 aromatic heterocycles. The van der Waals surface area contributed by atoms with E-state index in [1.807, 2.05) is 24.3 Å². The molecule has 0 aliphatic rings. The van der Waals surface area contributed by atoms with Crippen molar-refractivity contribution in [3.63, 3.8) is 0 Å². The highest BCUT2D eigenvalue weighted by molar-refractivity contribution is 6.45. The van der Waals surface area contributed by atoms with E-state index in [1.165, 1.54) is 12.1 Å². The second kappa shape index (κ2) is 8.97. The van der Waals surface area contributed by atoms with Gasteiger partial charge >= 0.3 is 0 Å². The van der Waals surface area contributed by atoms with Gasteiger partial charge in [-0.3, -0.25) is 0 Å². The van der Waals surface area contributed by atoms with Gasteiger partial charge in [-0.25, -0.2) is 0 Å². The summed E-state index contributed by atoms with van der Waals surface area (Å²) in [6.45, 7) is 15.3. The van der Waals surface area contributed by atoms with Crippen LogP contribution in [-0.2, 0) is 0 Å². The van der Waals surface area contributed by atoms with Crippen molar-refractivity contribution in [2.45, 2.75) is 23.2 Å². The zero-order valence-corrected chi connectivity index (χ0v) is 11.9. The molecular weight excluding hydrogens is 200 g/mol. The van der Waals surface area contributed by atoms with E-state index in [0.717, 1.165) is 0 Å². The van der Waals surface area contributed by atoms with E-state index in [0.29, 0.717) is 11.1 Å². The predicted molar refractivity (Wildman–Crippen MR) is 75.0 cm³/mol. The van der Waals surface area contributed by atoms with Crippen LogP contribution in [0, 0.1) is 0 Å². The van der Waals surface area contributed by atoms with Gasteiger partial charge in [0.25, 0.3) is 0 Å². The van der Waals surface area contributed by atoms with Crippen LogP contribution in [-0.4, -0.2) is 19.0 Å². The van der Waals surface area contributed by atoms with Crippen LogP contribution < -0.4 is 0 Å². The first-order valence-electron chi connectivity index (χ1n) is 5.28. The molecule has 0 aliphatic heterocycles. The van der Waals surface area contributed by atoms with Gasteiger partial charge in [0.15, 0.2) is 0 Å². The maximum atomic E-state index is 3.82. The summed E-state index contributed by atoms with van der Waals surface area (Å²) in [4.78, 5) is 0. The van der Waals surface area contributed by atoms with Gasteiger partial charge in [0.2, 0.25) is 0 Å². The van der Waals surface area contributed by atoms with E-state index < -0.39 is 0 Å². The van der Waals surface area contributed by atoms with Crippen LogP contribution in [0.3, 0.4) is 0 Å². The molecule has 0 nitrogen and oxygen atoms in total. The number of hydrogen-bond donors (Lipinski definition) is 0. The fourth-order valence-corrected chi connectivity index (χ4v) is 5.62. The Morgan fingerprint density at radius 3 is 1.21 bits per heavy atom. The normalized spacial score (nSPS) is 11.9. The summed E-state index contributed by atoms with van der Waals surface area (Å²) in [5.41, 5.74) is 1.27. The van der Waals surface area contributed by atoms with Crippen LogP contribution in [0.2, 0.25) is 23.2 Å². The first-order valence-corrected chi connectivity index (χ1v) is 8.92. The maximum absolute atomic E-state index is 3.82. The zero-order chi connectivity index (χ0) is 10.8. The van der Waals surface area contributed by atoms with Crippen molar-refractivity contribution in [2.75, 3.05) is 0 Å². The lowest BCUT2D eigenvalue weighted by Gasteiger charge is -2.07. The molecule has 0 spiro atoms. The molecule has 0 heterocycles. The molecule has 0 atom stereocenters. The molecule has 0 aromatic rings. The number of rotatable bonds is 9. The van der Waals surface area contributed by atoms with Crippen molar-refractivity contribution < 1.29 is 0 Å². The molecule has 0 fully saturated rings. The van der Waals surface area contributed by atoms with Crippen LogP contribution in [0.5, 0.6) is 0 Å². The molecule has 2 heteroatoms. The molecule has 0 saturated heterocycles. The Balaban J connectivity index is 3.53. The van der Waals surface area contributed by atoms with Gasteiger partial charge in [-0.05, 0) is 11.1 Å². The first-order chi connectivity index (χ1) is 6.78. The van der Waals surface area contributed by atoms with Crippen molar-refractivity contribution in [1.29, 1.82) is 0 Å². The lowest BCUT2D eigenvalue weighted by molar-refractivity contribution is 1.26. The lowest BCUT2D eigenvalue weighted by atomic mass is 10.4. The Morgan fingerprint density at radius 1 is 0.714 bits per heavy atom. The third-order valence-corrected chi connectivity index (χ3v) is 8.02. The van der Waals surface area contributed by atoms with Crippen molar-refractivity contribution in [1.82, 2.24) is 0 Å². The van der Waals surface area contributed by atoms with Crippen molar-refractivity contribution in [3.05, 3.63) is 50.6 Å². The molecule has 0 aromatic carbocycles. The smallest absolute Gasteiger partial charge is 0.0323 e. The van der Waals surface area contributed by atoms with Gasteiger partial charge in [-0.15, -0.1) is 26.3 Å². The molecule has 78 valence electrons. The summed E-state index contributed by atoms with van der Waals surface area (Å²) in [6, 6.07) is 2.85. The Morgan fingerprint density at radius 2 is 1.00 bits per heavy atom. The highest BCUT2D eigenvalue weighted by Crippen LogP contribution is 2.12. The average Bonchev–Trinajstić information content (AvgIpc) is 2.24. The maximum Gasteiger partial charge on any atom is 0.0323 e. The molecule has 0 radical (unpaired) electrons. The van der Waals surface area contributed by atoms with Crippen molar-refractivity contribution in [2.24, 2.45) is 0 Å². The molecule has 0 rings (SSSR count). The van der Waals surface area contributed by atoms with E-state index in [1.54, 1.807) is 0 Å². The quantitative estimate of drug-likeness (QED) is 0.319. The third-order valence-electron chi connectivity index (χ3n) is 2.54. The van der Waals surface area contributed by atoms with E-state index in [2.05, 4.69) is 26.3 Å². The topological polar surface area (TPSA) is 0 Å². The molecule has 14 heavy (non-hydrogen) atoms. The summed E-state index contributed by atoms with van der Waals surface area (Å²) < 4.78 is 0. The molecule has 0 saturated carbocycles. The lowest BCUT2D eigenvalue weighted by Crippen LogP contribution is -2.02. The minimum atomic E-state index is -0.00301. The van der Waals surface area contributed by atoms with Gasteiger partial charge in [0.05, 0.1) is 0 Å². The minimum absolute atomic E-state index is 0.00301. The average molecular weight is 222 g/mol. The molecule has 0 amide bonds. The van der Waals surface area contributed by atoms with Crippen LogP contribution in [0.25, 0.3) is 0 Å². The van der Waals surface area contributed by atoms with Gasteiger partial charge in [0.1, 0.15) is 0 Å². The first kappa shape index (κ1) is 13.4. The summed E-state index contributed by atoms with van der Waals surface area (Å²) in [7, 11) is -0.00601. The van der Waals surface area contributed by atoms with Gasteiger partial charge in [0, 0.05) is 19.0 Å². The second-order valence-corrected chi connectivity index (χ2v) is 8.01. The van der Waals surface area contributed by atoms with Gasteiger partial charge in [-0.1, -0.05) is 36.4 Å². The summed E-state index contributed by atoms with van der Waals surface area (Å²) in [5.74, 6) is 0. The minimum Gasteiger partial charge on any atom is -0.103 e. The zero-order valence-electron chi connectivity index (χ0n) is 9.12. The van der Waals surface area contributed by atoms with Crippen molar-refractivity contribution >= 4 is 19.0 Å². The van der Waals surface area contributed by atoms with Crippen LogP contribution in [0.15, 0.2) is 50.6 Å². The molecule has 0 aliphatic carbocycles. The monoisotopic (exact) mass is 222 g/mol. The Kier molecular flexibility index (Phi) is 8.58. The number of allylic oxidation sites excluding steroid dienone is 4. The molecule has 0 N–H and O–H groups in total. The third kappa shape index (κ3) is 5.94. The Hall–Kier alpha value is -0.606. The van der Waals surface area contributed by atoms with E-state index >= 15 is 0 Å². The van der Waals surface area contributed by atoms with Gasteiger partial charge in [-0.2, -0.15) is 0 Å². The van der Waals surface area contributed by atoms with Crippen LogP contribution in [0.1, 0.15) is 0 Å². The summed E-state index contributed by atoms with van der Waals surface area (Å²) >= 11 is 0. The summed E-state index contributed by atoms with van der Waals surface area (Å²) in [5, 5.41) is 0. The SMILES string of the molecule is C=CC(C=C)[SiH2]CC[SiH2]C(C=C)C=C. The number of hydrogen-bond acceptors (Lipinski definition) is 0. The molecule has 0 unspecified atom stereocenters. The molecule has 0 bridgehead atoms. The molecular formula is C12H22Si2. The van der Waals surface area contributed by atoms with Gasteiger partial charge < -0.3 is 0 Å². The fourth-order valence-electron chi connectivity index (χ4n) is 1.42.